The molecule has 0 unspecified atom stereocenters. The number of fused-ring (bicyclic) bond motifs is 1. The molecule has 2 aromatic carbocycles. The van der Waals surface area contributed by atoms with Gasteiger partial charge in [0.25, 0.3) is 5.91 Å². The molecule has 1 atom stereocenters. The van der Waals surface area contributed by atoms with E-state index in [2.05, 4.69) is 95.5 Å². The molecule has 40 heavy (non-hydrogen) atoms. The van der Waals surface area contributed by atoms with Crippen molar-refractivity contribution in [1.82, 2.24) is 5.32 Å². The van der Waals surface area contributed by atoms with Gasteiger partial charge in [0.1, 0.15) is 23.1 Å². The van der Waals surface area contributed by atoms with Gasteiger partial charge in [0.2, 0.25) is 0 Å². The summed E-state index contributed by atoms with van der Waals surface area (Å²) >= 11 is 6.30. The molecule has 5 rings (SSSR count). The number of ether oxygens (including phenoxy) is 1. The first-order chi connectivity index (χ1) is 19.2. The fourth-order valence-electron chi connectivity index (χ4n) is 4.96. The molecule has 0 fully saturated rings. The first-order valence-electron chi connectivity index (χ1n) is 13.3. The Kier molecular flexibility index (Phi) is 9.36. The van der Waals surface area contributed by atoms with Gasteiger partial charge in [-0.15, -0.1) is 11.3 Å². The second kappa shape index (κ2) is 12.8. The quantitative estimate of drug-likeness (QED) is 0.144. The molecule has 1 aliphatic rings. The molecule has 0 spiro atoms. The van der Waals surface area contributed by atoms with Crippen LogP contribution in [0.15, 0.2) is 70.3 Å². The summed E-state index contributed by atoms with van der Waals surface area (Å²) in [5.74, 6) is 2.10. The Morgan fingerprint density at radius 1 is 1.15 bits per heavy atom. The van der Waals surface area contributed by atoms with Gasteiger partial charge in [-0.2, -0.15) is 0 Å². The number of rotatable bonds is 8. The van der Waals surface area contributed by atoms with Gasteiger partial charge in [-0.3, -0.25) is 4.79 Å². The number of amides is 1. The van der Waals surface area contributed by atoms with E-state index in [1.165, 1.54) is 4.88 Å². The van der Waals surface area contributed by atoms with Gasteiger partial charge in [0.15, 0.2) is 0 Å². The van der Waals surface area contributed by atoms with Crippen LogP contribution in [-0.4, -0.2) is 12.1 Å². The van der Waals surface area contributed by atoms with Crippen LogP contribution in [0.4, 0.5) is 5.00 Å². The number of carbonyl (C=O) groups excluding carboxylic acids is 1. The minimum Gasteiger partial charge on any atom is -0.487 e. The number of nitrogens with zero attached hydrogens (tertiary/aromatic N) is 1. The van der Waals surface area contributed by atoms with Crippen LogP contribution in [0.2, 0.25) is 0 Å². The van der Waals surface area contributed by atoms with Gasteiger partial charge in [-0.05, 0) is 117 Å². The van der Waals surface area contributed by atoms with E-state index in [0.29, 0.717) is 24.6 Å². The van der Waals surface area contributed by atoms with Crippen molar-refractivity contribution >= 4 is 73.6 Å². The summed E-state index contributed by atoms with van der Waals surface area (Å²) in [6, 6.07) is 18.0. The number of furan rings is 1. The third-order valence-electron chi connectivity index (χ3n) is 7.28. The first-order valence-corrected chi connectivity index (χ1v) is 16.3. The Bertz CT molecular complexity index is 1480. The smallest absolute Gasteiger partial charge is 0.255 e. The standard InChI is InChI=1S/C32H32I2N2O3S/c1-32(2,3)22-11-12-24-27(16-22)40-31(28(24)30(37)35-18-23-10-7-13-38-23)36-17-21-14-25(33)29(26(34)15-21)39-19-20-8-5-4-6-9-20/h4-10,13-15,17,22H,11-12,16,18-19H2,1-3H3,(H,35,37)/t22-/m0/s1. The van der Waals surface area contributed by atoms with E-state index >= 15 is 0 Å². The molecule has 8 heteroatoms. The average Bonchev–Trinajstić information content (AvgIpc) is 3.57. The Hall–Kier alpha value is -2.18. The molecule has 1 aliphatic carbocycles. The van der Waals surface area contributed by atoms with Gasteiger partial charge in [-0.1, -0.05) is 51.1 Å². The van der Waals surface area contributed by atoms with Crippen LogP contribution in [0, 0.1) is 18.5 Å². The van der Waals surface area contributed by atoms with Crippen LogP contribution in [0.1, 0.15) is 64.9 Å². The van der Waals surface area contributed by atoms with Crippen LogP contribution < -0.4 is 10.1 Å². The normalized spacial score (nSPS) is 15.3. The van der Waals surface area contributed by atoms with E-state index in [0.717, 1.165) is 59.6 Å². The van der Waals surface area contributed by atoms with E-state index in [-0.39, 0.29) is 11.3 Å². The summed E-state index contributed by atoms with van der Waals surface area (Å²) in [6.45, 7) is 7.80. The van der Waals surface area contributed by atoms with E-state index in [9.17, 15) is 4.79 Å². The molecule has 5 nitrogen and oxygen atoms in total. The molecule has 1 N–H and O–H groups in total. The minimum absolute atomic E-state index is 0.0934. The van der Waals surface area contributed by atoms with Crippen LogP contribution in [0.25, 0.3) is 0 Å². The summed E-state index contributed by atoms with van der Waals surface area (Å²) < 4.78 is 13.6. The largest absolute Gasteiger partial charge is 0.487 e. The maximum atomic E-state index is 13.5. The maximum absolute atomic E-state index is 13.5. The van der Waals surface area contributed by atoms with Gasteiger partial charge in [0.05, 0.1) is 25.5 Å². The first kappa shape index (κ1) is 29.3. The summed E-state index contributed by atoms with van der Waals surface area (Å²) in [5.41, 5.74) is 4.20. The predicted octanol–water partition coefficient (Wildman–Crippen LogP) is 8.96. The van der Waals surface area contributed by atoms with Gasteiger partial charge in [0, 0.05) is 11.1 Å². The predicted molar refractivity (Wildman–Crippen MR) is 179 cm³/mol. The molecule has 2 heterocycles. The molecule has 0 aliphatic heterocycles. The lowest BCUT2D eigenvalue weighted by molar-refractivity contribution is 0.0947. The molecule has 0 saturated carbocycles. The zero-order chi connectivity index (χ0) is 28.3. The third-order valence-corrected chi connectivity index (χ3v) is 10.0. The van der Waals surface area contributed by atoms with Crippen molar-refractivity contribution in [3.05, 3.63) is 101 Å². The topological polar surface area (TPSA) is 63.8 Å². The molecule has 4 aromatic rings. The van der Waals surface area contributed by atoms with Crippen molar-refractivity contribution in [3.8, 4) is 5.75 Å². The van der Waals surface area contributed by atoms with Crippen molar-refractivity contribution < 1.29 is 13.9 Å². The zero-order valence-electron chi connectivity index (χ0n) is 22.8. The van der Waals surface area contributed by atoms with Gasteiger partial charge in [-0.25, -0.2) is 4.99 Å². The fraction of sp³-hybridized carbons (Fsp3) is 0.312. The number of carbonyl (C=O) groups is 1. The molecule has 0 bridgehead atoms. The van der Waals surface area contributed by atoms with Crippen LogP contribution >= 0.6 is 56.5 Å². The van der Waals surface area contributed by atoms with Crippen molar-refractivity contribution in [1.29, 1.82) is 0 Å². The van der Waals surface area contributed by atoms with E-state index in [1.807, 2.05) is 36.5 Å². The number of nitrogens with one attached hydrogen (secondary N) is 1. The highest BCUT2D eigenvalue weighted by atomic mass is 127. The monoisotopic (exact) mass is 778 g/mol. The van der Waals surface area contributed by atoms with E-state index in [1.54, 1.807) is 17.6 Å². The number of hydrogen-bond acceptors (Lipinski definition) is 5. The number of thiophene rings is 1. The number of benzene rings is 2. The van der Waals surface area contributed by atoms with Crippen LogP contribution in [0.3, 0.4) is 0 Å². The second-order valence-electron chi connectivity index (χ2n) is 11.1. The lowest BCUT2D eigenvalue weighted by Gasteiger charge is -2.33. The third kappa shape index (κ3) is 6.99. The fourth-order valence-corrected chi connectivity index (χ4v) is 8.36. The summed E-state index contributed by atoms with van der Waals surface area (Å²) in [4.78, 5) is 19.7. The number of halogens is 2. The Labute approximate surface area is 267 Å². The zero-order valence-corrected chi connectivity index (χ0v) is 27.9. The average molecular weight is 778 g/mol. The highest BCUT2D eigenvalue weighted by Gasteiger charge is 2.33. The van der Waals surface area contributed by atoms with Crippen molar-refractivity contribution in [2.24, 2.45) is 16.3 Å². The molecular weight excluding hydrogens is 746 g/mol. The van der Waals surface area contributed by atoms with Gasteiger partial charge < -0.3 is 14.5 Å². The van der Waals surface area contributed by atoms with Crippen LogP contribution in [-0.2, 0) is 26.0 Å². The Morgan fingerprint density at radius 2 is 1.90 bits per heavy atom. The van der Waals surface area contributed by atoms with Crippen LogP contribution in [0.5, 0.6) is 5.75 Å². The SMILES string of the molecule is CC(C)(C)[C@H]1CCc2c(sc(N=Cc3cc(I)c(OCc4ccccc4)c(I)c3)c2C(=O)NCc2ccco2)C1. The van der Waals surface area contributed by atoms with Crippen molar-refractivity contribution in [3.63, 3.8) is 0 Å². The number of hydrogen-bond donors (Lipinski definition) is 1. The summed E-state index contributed by atoms with van der Waals surface area (Å²) in [7, 11) is 0. The lowest BCUT2D eigenvalue weighted by atomic mass is 9.72. The number of aliphatic imine (C=N–C) groups is 1. The second-order valence-corrected chi connectivity index (χ2v) is 14.5. The Balaban J connectivity index is 1.40. The van der Waals surface area contributed by atoms with E-state index in [4.69, 9.17) is 14.1 Å². The highest BCUT2D eigenvalue weighted by molar-refractivity contribution is 14.1. The summed E-state index contributed by atoms with van der Waals surface area (Å²) in [6.07, 6.45) is 6.45. The van der Waals surface area contributed by atoms with Crippen molar-refractivity contribution in [2.45, 2.75) is 53.2 Å². The summed E-state index contributed by atoms with van der Waals surface area (Å²) in [5, 5.41) is 3.82. The minimum atomic E-state index is -0.0934. The highest BCUT2D eigenvalue weighted by Crippen LogP contribution is 2.45. The molecule has 2 aromatic heterocycles. The molecular formula is C32H32I2N2O3S. The molecule has 1 amide bonds. The van der Waals surface area contributed by atoms with Gasteiger partial charge >= 0.3 is 0 Å². The lowest BCUT2D eigenvalue weighted by Crippen LogP contribution is -2.28. The maximum Gasteiger partial charge on any atom is 0.255 e. The van der Waals surface area contributed by atoms with E-state index < -0.39 is 0 Å². The Morgan fingerprint density at radius 3 is 2.58 bits per heavy atom. The molecule has 208 valence electrons. The van der Waals surface area contributed by atoms with Crippen molar-refractivity contribution in [2.75, 3.05) is 0 Å². The molecule has 0 saturated heterocycles. The molecule has 0 radical (unpaired) electrons.